The third-order valence-electron chi connectivity index (χ3n) is 2.19. The lowest BCUT2D eigenvalue weighted by Crippen LogP contribution is -2.48. The third kappa shape index (κ3) is 3.47. The summed E-state index contributed by atoms with van der Waals surface area (Å²) in [5.41, 5.74) is 0.393. The number of carboxylic acids is 1. The Bertz CT molecular complexity index is 455. The summed E-state index contributed by atoms with van der Waals surface area (Å²) >= 11 is 0. The van der Waals surface area contributed by atoms with Crippen molar-refractivity contribution in [2.75, 3.05) is 0 Å². The Morgan fingerprint density at radius 2 is 2.17 bits per heavy atom. The summed E-state index contributed by atoms with van der Waals surface area (Å²) in [4.78, 5) is 25.2. The lowest BCUT2D eigenvalue weighted by atomic mass is 10.1. The quantitative estimate of drug-likeness (QED) is 0.808. The van der Waals surface area contributed by atoms with Crippen molar-refractivity contribution in [1.82, 2.24) is 14.9 Å². The second-order valence-electron chi connectivity index (χ2n) is 3.56. The van der Waals surface area contributed by atoms with Crippen LogP contribution in [0.1, 0.15) is 5.69 Å². The molecular weight excluding hydrogens is 255 g/mol. The number of hydrogen-bond donors (Lipinski definition) is 2. The topological polar surface area (TPSA) is 84.2 Å². The van der Waals surface area contributed by atoms with Gasteiger partial charge < -0.3 is 15.0 Å². The lowest BCUT2D eigenvalue weighted by molar-refractivity contribution is -0.175. The van der Waals surface area contributed by atoms with Crippen LogP contribution in [0.4, 0.5) is 13.2 Å². The monoisotopic (exact) mass is 265 g/mol. The molecule has 0 saturated carbocycles. The number of aliphatic carboxylic acids is 1. The van der Waals surface area contributed by atoms with Crippen LogP contribution in [0.25, 0.3) is 0 Å². The molecule has 2 N–H and O–H groups in total. The van der Waals surface area contributed by atoms with E-state index in [-0.39, 0.29) is 6.42 Å². The summed E-state index contributed by atoms with van der Waals surface area (Å²) in [6, 6.07) is -1.66. The maximum absolute atomic E-state index is 12.0. The number of rotatable bonds is 4. The Balaban J connectivity index is 2.76. The predicted octanol–water partition coefficient (Wildman–Crippen LogP) is 0.0943. The van der Waals surface area contributed by atoms with E-state index in [0.717, 1.165) is 0 Å². The minimum Gasteiger partial charge on any atom is -0.480 e. The molecule has 0 aliphatic carbocycles. The van der Waals surface area contributed by atoms with E-state index < -0.39 is 24.1 Å². The second kappa shape index (κ2) is 5.07. The van der Waals surface area contributed by atoms with Crippen molar-refractivity contribution < 1.29 is 27.9 Å². The van der Waals surface area contributed by atoms with Gasteiger partial charge >= 0.3 is 18.1 Å². The van der Waals surface area contributed by atoms with Crippen molar-refractivity contribution in [2.45, 2.75) is 18.6 Å². The first-order valence-electron chi connectivity index (χ1n) is 4.77. The van der Waals surface area contributed by atoms with E-state index in [1.165, 1.54) is 22.4 Å². The van der Waals surface area contributed by atoms with E-state index in [9.17, 15) is 22.8 Å². The molecular formula is C9H10F3N3O3. The van der Waals surface area contributed by atoms with E-state index in [4.69, 9.17) is 5.11 Å². The van der Waals surface area contributed by atoms with Crippen LogP contribution in [0.3, 0.4) is 0 Å². The zero-order valence-corrected chi connectivity index (χ0v) is 9.23. The van der Waals surface area contributed by atoms with Crippen LogP contribution in [0.15, 0.2) is 12.5 Å². The SMILES string of the molecule is Cn1cncc1C[C@@H](NC(=O)C(F)(F)F)C(=O)O. The fourth-order valence-corrected chi connectivity index (χ4v) is 1.23. The zero-order valence-electron chi connectivity index (χ0n) is 9.23. The number of halogens is 3. The van der Waals surface area contributed by atoms with Crippen LogP contribution in [-0.2, 0) is 23.1 Å². The molecule has 0 spiro atoms. The van der Waals surface area contributed by atoms with E-state index in [2.05, 4.69) is 4.98 Å². The normalized spacial score (nSPS) is 13.1. The minimum atomic E-state index is -5.11. The number of nitrogens with one attached hydrogen (secondary N) is 1. The molecule has 0 aliphatic heterocycles. The summed E-state index contributed by atoms with van der Waals surface area (Å²) in [6.45, 7) is 0. The Labute approximate surface area is 99.4 Å². The highest BCUT2D eigenvalue weighted by Gasteiger charge is 2.40. The van der Waals surface area contributed by atoms with Crippen molar-refractivity contribution in [2.24, 2.45) is 7.05 Å². The highest BCUT2D eigenvalue weighted by atomic mass is 19.4. The molecule has 1 rings (SSSR count). The molecule has 0 aliphatic rings. The number of imidazole rings is 1. The molecule has 18 heavy (non-hydrogen) atoms. The van der Waals surface area contributed by atoms with Gasteiger partial charge in [-0.15, -0.1) is 0 Å². The van der Waals surface area contributed by atoms with Gasteiger partial charge in [0, 0.05) is 25.4 Å². The minimum absolute atomic E-state index is 0.284. The molecule has 9 heteroatoms. The van der Waals surface area contributed by atoms with E-state index >= 15 is 0 Å². The number of amides is 1. The highest BCUT2D eigenvalue weighted by molar-refractivity contribution is 5.87. The Morgan fingerprint density at radius 1 is 1.56 bits per heavy atom. The largest absolute Gasteiger partial charge is 0.480 e. The molecule has 1 atom stereocenters. The van der Waals surface area contributed by atoms with E-state index in [0.29, 0.717) is 5.69 Å². The molecule has 1 amide bonds. The third-order valence-corrected chi connectivity index (χ3v) is 2.19. The summed E-state index contributed by atoms with van der Waals surface area (Å²) in [5, 5.41) is 10.2. The Morgan fingerprint density at radius 3 is 2.56 bits per heavy atom. The number of alkyl halides is 3. The zero-order chi connectivity index (χ0) is 13.9. The van der Waals surface area contributed by atoms with Crippen LogP contribution in [0.5, 0.6) is 0 Å². The van der Waals surface area contributed by atoms with Crippen LogP contribution in [0.2, 0.25) is 0 Å². The van der Waals surface area contributed by atoms with Gasteiger partial charge in [0.1, 0.15) is 6.04 Å². The first kappa shape index (κ1) is 14.0. The van der Waals surface area contributed by atoms with Crippen molar-refractivity contribution in [3.8, 4) is 0 Å². The van der Waals surface area contributed by atoms with Gasteiger partial charge in [-0.05, 0) is 0 Å². The number of carbonyl (C=O) groups excluding carboxylic acids is 1. The van der Waals surface area contributed by atoms with Crippen molar-refractivity contribution in [1.29, 1.82) is 0 Å². The molecule has 0 fully saturated rings. The summed E-state index contributed by atoms with van der Waals surface area (Å²) in [6.07, 6.45) is -2.71. The van der Waals surface area contributed by atoms with Crippen LogP contribution in [0, 0.1) is 0 Å². The summed E-state index contributed by atoms with van der Waals surface area (Å²) in [7, 11) is 1.56. The van der Waals surface area contributed by atoms with Gasteiger partial charge in [0.15, 0.2) is 0 Å². The molecule has 1 heterocycles. The van der Waals surface area contributed by atoms with Gasteiger partial charge in [-0.2, -0.15) is 13.2 Å². The molecule has 0 bridgehead atoms. The fourth-order valence-electron chi connectivity index (χ4n) is 1.23. The number of nitrogens with zero attached hydrogens (tertiary/aromatic N) is 2. The number of carbonyl (C=O) groups is 2. The number of aromatic nitrogens is 2. The summed E-state index contributed by atoms with van der Waals surface area (Å²) < 4.78 is 37.5. The van der Waals surface area contributed by atoms with Gasteiger partial charge in [0.05, 0.1) is 6.33 Å². The fraction of sp³-hybridized carbons (Fsp3) is 0.444. The first-order chi connectivity index (χ1) is 8.21. The maximum Gasteiger partial charge on any atom is 0.471 e. The van der Waals surface area contributed by atoms with Gasteiger partial charge in [0.2, 0.25) is 0 Å². The maximum atomic E-state index is 12.0. The Kier molecular flexibility index (Phi) is 3.94. The standard InChI is InChI=1S/C9H10F3N3O3/c1-15-4-13-3-5(15)2-6(7(16)17)14-8(18)9(10,11)12/h3-4,6H,2H2,1H3,(H,14,18)(H,16,17)/t6-/m1/s1. The van der Waals surface area contributed by atoms with Crippen LogP contribution < -0.4 is 5.32 Å². The molecule has 0 saturated heterocycles. The number of carboxylic acid groups (broad SMARTS) is 1. The number of hydrogen-bond acceptors (Lipinski definition) is 3. The van der Waals surface area contributed by atoms with Crippen molar-refractivity contribution in [3.05, 3.63) is 18.2 Å². The highest BCUT2D eigenvalue weighted by Crippen LogP contribution is 2.15. The molecule has 100 valence electrons. The van der Waals surface area contributed by atoms with Gasteiger partial charge in [-0.1, -0.05) is 0 Å². The predicted molar refractivity (Wildman–Crippen MR) is 52.5 cm³/mol. The van der Waals surface area contributed by atoms with Gasteiger partial charge in [-0.3, -0.25) is 4.79 Å². The van der Waals surface area contributed by atoms with Crippen molar-refractivity contribution in [3.63, 3.8) is 0 Å². The Hall–Kier alpha value is -2.06. The molecule has 0 unspecified atom stereocenters. The molecule has 0 aromatic carbocycles. The van der Waals surface area contributed by atoms with Crippen LogP contribution >= 0.6 is 0 Å². The van der Waals surface area contributed by atoms with Crippen molar-refractivity contribution >= 4 is 11.9 Å². The lowest BCUT2D eigenvalue weighted by Gasteiger charge is -2.15. The summed E-state index contributed by atoms with van der Waals surface area (Å²) in [5.74, 6) is -3.83. The molecule has 0 radical (unpaired) electrons. The average molecular weight is 265 g/mol. The van der Waals surface area contributed by atoms with E-state index in [1.807, 2.05) is 0 Å². The van der Waals surface area contributed by atoms with Crippen LogP contribution in [-0.4, -0.2) is 38.8 Å². The average Bonchev–Trinajstić information content (AvgIpc) is 2.61. The first-order valence-corrected chi connectivity index (χ1v) is 4.77. The van der Waals surface area contributed by atoms with Gasteiger partial charge in [0.25, 0.3) is 0 Å². The number of aryl methyl sites for hydroxylation is 1. The molecule has 1 aromatic heterocycles. The molecule has 6 nitrogen and oxygen atoms in total. The molecule has 1 aromatic rings. The van der Waals surface area contributed by atoms with E-state index in [1.54, 1.807) is 7.05 Å². The smallest absolute Gasteiger partial charge is 0.471 e. The second-order valence-corrected chi connectivity index (χ2v) is 3.56. The van der Waals surface area contributed by atoms with Gasteiger partial charge in [-0.25, -0.2) is 9.78 Å².